The van der Waals surface area contributed by atoms with E-state index in [1.807, 2.05) is 25.3 Å². The lowest BCUT2D eigenvalue weighted by Crippen LogP contribution is -2.53. The Hall–Kier alpha value is -3.73. The first-order valence-corrected chi connectivity index (χ1v) is 13.0. The quantitative estimate of drug-likeness (QED) is 0.327. The number of H-pyrrole nitrogens is 1. The van der Waals surface area contributed by atoms with Gasteiger partial charge in [0.15, 0.2) is 5.69 Å². The summed E-state index contributed by atoms with van der Waals surface area (Å²) >= 11 is 0. The van der Waals surface area contributed by atoms with Gasteiger partial charge in [0.25, 0.3) is 0 Å². The van der Waals surface area contributed by atoms with Crippen LogP contribution in [0.4, 0.5) is 14.6 Å². The highest BCUT2D eigenvalue weighted by Crippen LogP contribution is 2.61. The molecule has 1 saturated heterocycles. The van der Waals surface area contributed by atoms with Crippen molar-refractivity contribution >= 4 is 28.6 Å². The van der Waals surface area contributed by atoms with E-state index in [2.05, 4.69) is 20.2 Å². The Bertz CT molecular complexity index is 1430. The van der Waals surface area contributed by atoms with Crippen molar-refractivity contribution < 1.29 is 28.2 Å². The lowest BCUT2D eigenvalue weighted by atomic mass is 9.59. The van der Waals surface area contributed by atoms with Crippen LogP contribution in [0.3, 0.4) is 0 Å². The number of benzene rings is 1. The lowest BCUT2D eigenvalue weighted by Gasteiger charge is -2.54. The van der Waals surface area contributed by atoms with Crippen molar-refractivity contribution in [3.63, 3.8) is 0 Å². The number of pyridine rings is 1. The first kappa shape index (κ1) is 26.9. The van der Waals surface area contributed by atoms with E-state index in [1.54, 1.807) is 20.1 Å². The topological polar surface area (TPSA) is 134 Å². The average molecular weight is 542 g/mol. The molecule has 1 saturated carbocycles. The molecular formula is C28H33F2N5O4. The zero-order chi connectivity index (χ0) is 28.1. The van der Waals surface area contributed by atoms with Crippen LogP contribution < -0.4 is 15.8 Å². The van der Waals surface area contributed by atoms with Crippen molar-refractivity contribution in [2.45, 2.75) is 64.1 Å². The van der Waals surface area contributed by atoms with Crippen LogP contribution in [0.15, 0.2) is 30.5 Å². The van der Waals surface area contributed by atoms with Gasteiger partial charge >= 0.3 is 5.97 Å². The third-order valence-corrected chi connectivity index (χ3v) is 8.24. The molecule has 2 fully saturated rings. The number of aromatic carboxylic acids is 1. The predicted molar refractivity (Wildman–Crippen MR) is 142 cm³/mol. The highest BCUT2D eigenvalue weighted by molar-refractivity contribution is 5.88. The SMILES string of the molecule is COc1cc(C)c2[nH]ccc2c1CN1CCC2(CC1c1ccc(C(=O)O)nc1NC(C)C(N)=O)CC(F)(F)C2. The largest absolute Gasteiger partial charge is 0.496 e. The highest BCUT2D eigenvalue weighted by Gasteiger charge is 2.58. The van der Waals surface area contributed by atoms with Crippen LogP contribution in [-0.4, -0.2) is 57.5 Å². The summed E-state index contributed by atoms with van der Waals surface area (Å²) in [5, 5.41) is 13.5. The number of nitrogens with two attached hydrogens (primary N) is 1. The Kier molecular flexibility index (Phi) is 6.74. The molecule has 2 atom stereocenters. The van der Waals surface area contributed by atoms with E-state index < -0.39 is 29.3 Å². The number of methoxy groups -OCH3 is 1. The number of piperidine rings is 1. The predicted octanol–water partition coefficient (Wildman–Crippen LogP) is 4.62. The summed E-state index contributed by atoms with van der Waals surface area (Å²) in [4.78, 5) is 33.3. The van der Waals surface area contributed by atoms with E-state index in [0.29, 0.717) is 31.5 Å². The summed E-state index contributed by atoms with van der Waals surface area (Å²) in [5.74, 6) is -3.59. The van der Waals surface area contributed by atoms with Crippen LogP contribution in [-0.2, 0) is 11.3 Å². The number of anilines is 1. The number of hydrogen-bond donors (Lipinski definition) is 4. The number of primary amides is 1. The Morgan fingerprint density at radius 1 is 1.33 bits per heavy atom. The zero-order valence-corrected chi connectivity index (χ0v) is 22.2. The molecule has 2 unspecified atom stereocenters. The number of rotatable bonds is 8. The number of nitrogens with one attached hydrogen (secondary N) is 2. The second-order valence-electron chi connectivity index (χ2n) is 11.0. The number of carbonyl (C=O) groups is 2. The smallest absolute Gasteiger partial charge is 0.354 e. The monoisotopic (exact) mass is 541 g/mol. The molecule has 1 aliphatic carbocycles. The molecule has 5 N–H and O–H groups in total. The maximum atomic E-state index is 14.1. The minimum Gasteiger partial charge on any atom is -0.496 e. The maximum absolute atomic E-state index is 14.1. The Morgan fingerprint density at radius 2 is 2.08 bits per heavy atom. The number of halogens is 2. The summed E-state index contributed by atoms with van der Waals surface area (Å²) in [6.07, 6.45) is 2.58. The molecule has 2 aliphatic rings. The molecule has 2 aromatic heterocycles. The van der Waals surface area contributed by atoms with Gasteiger partial charge in [-0.15, -0.1) is 0 Å². The first-order valence-electron chi connectivity index (χ1n) is 13.0. The van der Waals surface area contributed by atoms with E-state index in [4.69, 9.17) is 10.5 Å². The number of amides is 1. The molecule has 1 spiro atoms. The van der Waals surface area contributed by atoms with E-state index in [9.17, 15) is 23.5 Å². The van der Waals surface area contributed by atoms with Crippen molar-refractivity contribution in [2.75, 3.05) is 19.0 Å². The first-order chi connectivity index (χ1) is 18.4. The van der Waals surface area contributed by atoms with Gasteiger partial charge < -0.3 is 25.9 Å². The van der Waals surface area contributed by atoms with Crippen LogP contribution in [0.1, 0.15) is 65.8 Å². The summed E-state index contributed by atoms with van der Waals surface area (Å²) in [6.45, 7) is 4.59. The number of fused-ring (bicyclic) bond motifs is 1. The van der Waals surface area contributed by atoms with E-state index >= 15 is 0 Å². The molecule has 3 heterocycles. The number of carbonyl (C=O) groups excluding carboxylic acids is 1. The molecule has 3 aromatic rings. The van der Waals surface area contributed by atoms with E-state index in [1.165, 1.54) is 6.07 Å². The molecule has 5 rings (SSSR count). The number of aryl methyl sites for hydroxylation is 1. The average Bonchev–Trinajstić information content (AvgIpc) is 3.36. The van der Waals surface area contributed by atoms with Gasteiger partial charge in [-0.2, -0.15) is 0 Å². The fourth-order valence-electron chi connectivity index (χ4n) is 6.27. The van der Waals surface area contributed by atoms with Gasteiger partial charge in [0.1, 0.15) is 17.6 Å². The number of aromatic nitrogens is 2. The third kappa shape index (κ3) is 5.03. The van der Waals surface area contributed by atoms with Crippen molar-refractivity contribution in [3.05, 3.63) is 52.8 Å². The third-order valence-electron chi connectivity index (χ3n) is 8.24. The van der Waals surface area contributed by atoms with Gasteiger partial charge in [0.2, 0.25) is 11.8 Å². The number of aromatic amines is 1. The lowest BCUT2D eigenvalue weighted by molar-refractivity contribution is -0.186. The molecule has 0 bridgehead atoms. The van der Waals surface area contributed by atoms with Crippen LogP contribution in [0.2, 0.25) is 0 Å². The van der Waals surface area contributed by atoms with Gasteiger partial charge in [0.05, 0.1) is 7.11 Å². The Balaban J connectivity index is 1.58. The molecule has 1 amide bonds. The second kappa shape index (κ2) is 9.78. The van der Waals surface area contributed by atoms with Gasteiger partial charge in [-0.1, -0.05) is 6.07 Å². The van der Waals surface area contributed by atoms with E-state index in [-0.39, 0.29) is 30.4 Å². The summed E-state index contributed by atoms with van der Waals surface area (Å²) in [5.41, 5.74) is 8.40. The molecule has 1 aliphatic heterocycles. The number of alkyl halides is 2. The van der Waals surface area contributed by atoms with Crippen LogP contribution in [0.5, 0.6) is 5.75 Å². The zero-order valence-electron chi connectivity index (χ0n) is 22.2. The fraction of sp³-hybridized carbons (Fsp3) is 0.464. The normalized spacial score (nSPS) is 20.9. The van der Waals surface area contributed by atoms with Crippen molar-refractivity contribution in [1.29, 1.82) is 0 Å². The van der Waals surface area contributed by atoms with Crippen molar-refractivity contribution in [1.82, 2.24) is 14.9 Å². The Morgan fingerprint density at radius 3 is 2.72 bits per heavy atom. The summed E-state index contributed by atoms with van der Waals surface area (Å²) in [7, 11) is 1.62. The molecule has 9 nitrogen and oxygen atoms in total. The van der Waals surface area contributed by atoms with Gasteiger partial charge in [-0.25, -0.2) is 18.6 Å². The van der Waals surface area contributed by atoms with E-state index in [0.717, 1.165) is 27.8 Å². The number of likely N-dealkylation sites (tertiary alicyclic amines) is 1. The molecular weight excluding hydrogens is 508 g/mol. The van der Waals surface area contributed by atoms with Crippen molar-refractivity contribution in [2.24, 2.45) is 11.1 Å². The van der Waals surface area contributed by atoms with Crippen LogP contribution in [0.25, 0.3) is 10.9 Å². The number of hydrogen-bond acceptors (Lipinski definition) is 6. The molecule has 11 heteroatoms. The molecule has 0 radical (unpaired) electrons. The van der Waals surface area contributed by atoms with Crippen LogP contribution in [0, 0.1) is 12.3 Å². The molecule has 1 aromatic carbocycles. The van der Waals surface area contributed by atoms with Gasteiger partial charge in [-0.05, 0) is 62.4 Å². The second-order valence-corrected chi connectivity index (χ2v) is 11.0. The minimum atomic E-state index is -2.68. The molecule has 39 heavy (non-hydrogen) atoms. The Labute approximate surface area is 224 Å². The highest BCUT2D eigenvalue weighted by atomic mass is 19.3. The van der Waals surface area contributed by atoms with Crippen molar-refractivity contribution in [3.8, 4) is 5.75 Å². The number of ether oxygens (including phenoxy) is 1. The van der Waals surface area contributed by atoms with Gasteiger partial charge in [-0.3, -0.25) is 9.69 Å². The minimum absolute atomic E-state index is 0.179. The fourth-order valence-corrected chi connectivity index (χ4v) is 6.27. The number of carboxylic acids is 1. The molecule has 208 valence electrons. The van der Waals surface area contributed by atoms with Crippen LogP contribution >= 0.6 is 0 Å². The maximum Gasteiger partial charge on any atom is 0.354 e. The number of carboxylic acid groups (broad SMARTS) is 1. The number of nitrogens with zero attached hydrogens (tertiary/aromatic N) is 2. The summed E-state index contributed by atoms with van der Waals surface area (Å²) in [6, 6.07) is 5.86. The standard InChI is InChI=1S/C28H33F2N5O4/c1-15-10-22(39-3)19(17-6-8-32-23(15)17)12-35-9-7-27(13-28(29,30)14-27)11-21(35)18-4-5-20(26(37)38)34-25(18)33-16(2)24(31)36/h4-6,8,10,16,21,32H,7,9,11-14H2,1-3H3,(H2,31,36)(H,33,34)(H,37,38). The summed E-state index contributed by atoms with van der Waals surface area (Å²) < 4.78 is 34.0. The van der Waals surface area contributed by atoms with Gasteiger partial charge in [0, 0.05) is 53.7 Å².